The van der Waals surface area contributed by atoms with Crippen LogP contribution in [0, 0.1) is 0 Å². The van der Waals surface area contributed by atoms with Gasteiger partial charge in [-0.25, -0.2) is 0 Å². The lowest BCUT2D eigenvalue weighted by Gasteiger charge is -2.37. The van der Waals surface area contributed by atoms with E-state index in [1.165, 1.54) is 0 Å². The quantitative estimate of drug-likeness (QED) is 0.607. The Kier molecular flexibility index (Phi) is 7.78. The van der Waals surface area contributed by atoms with Crippen molar-refractivity contribution in [1.29, 1.82) is 0 Å². The lowest BCUT2D eigenvalue weighted by atomic mass is 10.7. The van der Waals surface area contributed by atoms with Crippen LogP contribution >= 0.6 is 0 Å². The van der Waals surface area contributed by atoms with E-state index < -0.39 is 17.0 Å². The van der Waals surface area contributed by atoms with Crippen LogP contribution in [-0.4, -0.2) is 56.0 Å². The van der Waals surface area contributed by atoms with E-state index in [9.17, 15) is 0 Å². The summed E-state index contributed by atoms with van der Waals surface area (Å²) in [5.74, 6) is 0. The van der Waals surface area contributed by atoms with Gasteiger partial charge in [0.1, 0.15) is 8.24 Å². The average molecular weight is 280 g/mol. The fourth-order valence-electron chi connectivity index (χ4n) is 2.25. The van der Waals surface area contributed by atoms with Gasteiger partial charge in [-0.3, -0.25) is 0 Å². The number of rotatable bonds is 9. The van der Waals surface area contributed by atoms with Crippen molar-refractivity contribution in [2.45, 2.75) is 39.0 Å². The average Bonchev–Trinajstić information content (AvgIpc) is 2.33. The molecule has 17 heavy (non-hydrogen) atoms. The van der Waals surface area contributed by atoms with Crippen LogP contribution in [-0.2, 0) is 13.3 Å². The molecule has 0 saturated carbocycles. The van der Waals surface area contributed by atoms with Gasteiger partial charge >= 0.3 is 8.80 Å². The first-order chi connectivity index (χ1) is 7.91. The zero-order valence-electron chi connectivity index (χ0n) is 12.5. The first kappa shape index (κ1) is 17.3. The summed E-state index contributed by atoms with van der Waals surface area (Å²) >= 11 is 0. The van der Waals surface area contributed by atoms with Crippen LogP contribution in [0.25, 0.3) is 0 Å². The molecule has 0 aromatic carbocycles. The fourth-order valence-corrected chi connectivity index (χ4v) is 9.07. The molecule has 0 aliphatic carbocycles. The van der Waals surface area contributed by atoms with Crippen molar-refractivity contribution in [2.75, 3.05) is 34.4 Å². The molecular weight excluding hydrogens is 250 g/mol. The molecule has 0 heterocycles. The Balaban J connectivity index is 4.51. The number of hydrogen-bond donors (Lipinski definition) is 0. The summed E-state index contributed by atoms with van der Waals surface area (Å²) in [4.78, 5) is 0. The molecule has 6 heteroatoms. The maximum Gasteiger partial charge on any atom is 0.499 e. The minimum absolute atomic E-state index is 0.909. The molecule has 0 rings (SSSR count). The summed E-state index contributed by atoms with van der Waals surface area (Å²) in [6.45, 7) is 11.5. The van der Waals surface area contributed by atoms with Gasteiger partial charge in [0.2, 0.25) is 0 Å². The van der Waals surface area contributed by atoms with Gasteiger partial charge < -0.3 is 17.8 Å². The lowest BCUT2D eigenvalue weighted by molar-refractivity contribution is 0.125. The van der Waals surface area contributed by atoms with Gasteiger partial charge in [-0.05, 0) is 19.1 Å². The highest BCUT2D eigenvalue weighted by Crippen LogP contribution is 2.24. The molecule has 4 nitrogen and oxygen atoms in total. The Morgan fingerprint density at radius 1 is 0.824 bits per heavy atom. The van der Waals surface area contributed by atoms with Crippen molar-refractivity contribution in [3.05, 3.63) is 0 Å². The zero-order valence-corrected chi connectivity index (χ0v) is 14.5. The van der Waals surface area contributed by atoms with E-state index in [2.05, 4.69) is 31.5 Å². The maximum atomic E-state index is 5.48. The molecule has 0 aromatic heterocycles. The van der Waals surface area contributed by atoms with Gasteiger partial charge in [0.25, 0.3) is 0 Å². The lowest BCUT2D eigenvalue weighted by Crippen LogP contribution is -2.51. The van der Waals surface area contributed by atoms with Gasteiger partial charge in [0.15, 0.2) is 0 Å². The standard InChI is InChI=1S/C11H29NO3Si2/c1-8-12(9-2)16(6,7)10-11-17(13-3,14-4)15-5/h8-11H2,1-7H3. The third-order valence-corrected chi connectivity index (χ3v) is 10.6. The Morgan fingerprint density at radius 2 is 1.24 bits per heavy atom. The van der Waals surface area contributed by atoms with E-state index in [1.807, 2.05) is 0 Å². The molecule has 0 amide bonds. The van der Waals surface area contributed by atoms with Gasteiger partial charge in [0.05, 0.1) is 0 Å². The number of hydrogen-bond acceptors (Lipinski definition) is 4. The Bertz CT molecular complexity index is 199. The van der Waals surface area contributed by atoms with E-state index >= 15 is 0 Å². The minimum atomic E-state index is -2.39. The molecule has 0 atom stereocenters. The van der Waals surface area contributed by atoms with E-state index in [0.717, 1.165) is 25.2 Å². The highest BCUT2D eigenvalue weighted by Gasteiger charge is 2.40. The topological polar surface area (TPSA) is 30.9 Å². The van der Waals surface area contributed by atoms with Crippen LogP contribution in [0.5, 0.6) is 0 Å². The van der Waals surface area contributed by atoms with Crippen molar-refractivity contribution in [3.63, 3.8) is 0 Å². The summed E-state index contributed by atoms with van der Waals surface area (Å²) in [6, 6.07) is 2.06. The third kappa shape index (κ3) is 4.80. The summed E-state index contributed by atoms with van der Waals surface area (Å²) in [7, 11) is 1.30. The SMILES string of the molecule is CCN(CC)[Si](C)(C)CC[Si](OC)(OC)OC. The molecule has 0 spiro atoms. The van der Waals surface area contributed by atoms with E-state index in [1.54, 1.807) is 21.3 Å². The first-order valence-electron chi connectivity index (χ1n) is 6.31. The van der Waals surface area contributed by atoms with Gasteiger partial charge in [-0.1, -0.05) is 26.9 Å². The predicted octanol–water partition coefficient (Wildman–Crippen LogP) is 2.41. The van der Waals surface area contributed by atoms with E-state index in [-0.39, 0.29) is 0 Å². The number of nitrogens with zero attached hydrogens (tertiary/aromatic N) is 1. The van der Waals surface area contributed by atoms with Crippen molar-refractivity contribution in [2.24, 2.45) is 0 Å². The zero-order chi connectivity index (χ0) is 13.5. The van der Waals surface area contributed by atoms with E-state index in [4.69, 9.17) is 13.3 Å². The minimum Gasteiger partial charge on any atom is -0.377 e. The molecule has 0 aliphatic rings. The Hall–Kier alpha value is 0.274. The third-order valence-electron chi connectivity index (χ3n) is 3.60. The van der Waals surface area contributed by atoms with Crippen LogP contribution in [0.4, 0.5) is 0 Å². The monoisotopic (exact) mass is 279 g/mol. The molecule has 0 aromatic rings. The van der Waals surface area contributed by atoms with Gasteiger partial charge in [-0.15, -0.1) is 0 Å². The summed E-state index contributed by atoms with van der Waals surface area (Å²) in [5, 5.41) is 0. The molecular formula is C11H29NO3Si2. The summed E-state index contributed by atoms with van der Waals surface area (Å²) < 4.78 is 19.0. The summed E-state index contributed by atoms with van der Waals surface area (Å²) in [5.41, 5.74) is 0. The smallest absolute Gasteiger partial charge is 0.377 e. The normalized spacial score (nSPS) is 13.4. The summed E-state index contributed by atoms with van der Waals surface area (Å²) in [6.07, 6.45) is 0. The second-order valence-corrected chi connectivity index (χ2v) is 12.6. The van der Waals surface area contributed by atoms with Gasteiger partial charge in [0, 0.05) is 27.4 Å². The fraction of sp³-hybridized carbons (Fsp3) is 1.00. The molecule has 0 unspecified atom stereocenters. The maximum absolute atomic E-state index is 5.48. The van der Waals surface area contributed by atoms with Crippen LogP contribution in [0.2, 0.25) is 25.2 Å². The van der Waals surface area contributed by atoms with Crippen molar-refractivity contribution in [1.82, 2.24) is 4.57 Å². The molecule has 104 valence electrons. The molecule has 0 N–H and O–H groups in total. The largest absolute Gasteiger partial charge is 0.499 e. The predicted molar refractivity (Wildman–Crippen MR) is 76.8 cm³/mol. The van der Waals surface area contributed by atoms with Crippen LogP contribution in [0.1, 0.15) is 13.8 Å². The molecule has 0 radical (unpaired) electrons. The molecule has 0 bridgehead atoms. The van der Waals surface area contributed by atoms with Crippen LogP contribution in [0.15, 0.2) is 0 Å². The van der Waals surface area contributed by atoms with Crippen molar-refractivity contribution in [3.8, 4) is 0 Å². The van der Waals surface area contributed by atoms with Gasteiger partial charge in [-0.2, -0.15) is 0 Å². The Morgan fingerprint density at radius 3 is 1.53 bits per heavy atom. The van der Waals surface area contributed by atoms with Crippen LogP contribution in [0.3, 0.4) is 0 Å². The Labute approximate surface area is 109 Å². The van der Waals surface area contributed by atoms with Crippen LogP contribution < -0.4 is 0 Å². The highest BCUT2D eigenvalue weighted by atomic mass is 28.4. The second-order valence-electron chi connectivity index (χ2n) is 4.78. The first-order valence-corrected chi connectivity index (χ1v) is 11.4. The van der Waals surface area contributed by atoms with Crippen molar-refractivity contribution < 1.29 is 13.3 Å². The second kappa shape index (κ2) is 7.65. The highest BCUT2D eigenvalue weighted by molar-refractivity contribution is 6.76. The van der Waals surface area contributed by atoms with E-state index in [0.29, 0.717) is 0 Å². The molecule has 0 fully saturated rings. The molecule has 0 aliphatic heterocycles. The van der Waals surface area contributed by atoms with Crippen molar-refractivity contribution >= 4 is 17.0 Å². The molecule has 0 saturated heterocycles.